The van der Waals surface area contributed by atoms with Gasteiger partial charge in [0, 0.05) is 28.2 Å². The Morgan fingerprint density at radius 3 is 2.50 bits per heavy atom. The van der Waals surface area contributed by atoms with Crippen LogP contribution in [0, 0.1) is 6.92 Å². The zero-order chi connectivity index (χ0) is 14.1. The van der Waals surface area contributed by atoms with E-state index in [1.807, 2.05) is 37.3 Å². The number of hydrogen-bond acceptors (Lipinski definition) is 2. The Bertz CT molecular complexity index is 781. The normalized spacial score (nSPS) is 10.9. The lowest BCUT2D eigenvalue weighted by molar-refractivity contribution is 0.989. The van der Waals surface area contributed by atoms with Gasteiger partial charge in [-0.15, -0.1) is 0 Å². The molecule has 100 valence electrons. The van der Waals surface area contributed by atoms with Gasteiger partial charge in [-0.1, -0.05) is 48.0 Å². The van der Waals surface area contributed by atoms with E-state index in [0.29, 0.717) is 6.54 Å². The van der Waals surface area contributed by atoms with E-state index in [4.69, 9.17) is 17.3 Å². The minimum absolute atomic E-state index is 0.442. The minimum Gasteiger partial charge on any atom is -0.325 e. The van der Waals surface area contributed by atoms with Gasteiger partial charge in [-0.25, -0.2) is 0 Å². The van der Waals surface area contributed by atoms with Gasteiger partial charge in [0.15, 0.2) is 0 Å². The maximum atomic E-state index is 6.12. The van der Waals surface area contributed by atoms with Crippen LogP contribution in [0.5, 0.6) is 0 Å². The molecule has 1 aromatic heterocycles. The highest BCUT2D eigenvalue weighted by molar-refractivity contribution is 6.30. The summed E-state index contributed by atoms with van der Waals surface area (Å²) >= 11 is 6.12. The Hall–Kier alpha value is -1.90. The van der Waals surface area contributed by atoms with Crippen LogP contribution in [0.15, 0.2) is 48.5 Å². The third kappa shape index (κ3) is 2.17. The standard InChI is InChI=1S/C17H15ClN2/c1-11-17(12-5-4-6-13(18)9-12)15-8-3-2-7-14(15)16(10-19)20-11/h2-9H,10,19H2,1H3. The Kier molecular flexibility index (Phi) is 3.43. The molecule has 0 bridgehead atoms. The lowest BCUT2D eigenvalue weighted by Crippen LogP contribution is -2.03. The summed E-state index contributed by atoms with van der Waals surface area (Å²) in [4.78, 5) is 4.66. The van der Waals surface area contributed by atoms with Crippen molar-refractivity contribution in [2.24, 2.45) is 5.73 Å². The summed E-state index contributed by atoms with van der Waals surface area (Å²) in [6, 6.07) is 16.1. The zero-order valence-corrected chi connectivity index (χ0v) is 12.0. The molecule has 0 aliphatic heterocycles. The van der Waals surface area contributed by atoms with Crippen molar-refractivity contribution >= 4 is 22.4 Å². The highest BCUT2D eigenvalue weighted by Gasteiger charge is 2.12. The third-order valence-electron chi connectivity index (χ3n) is 3.48. The average molecular weight is 283 g/mol. The largest absolute Gasteiger partial charge is 0.325 e. The van der Waals surface area contributed by atoms with E-state index in [1.54, 1.807) is 0 Å². The molecule has 2 N–H and O–H groups in total. The highest BCUT2D eigenvalue weighted by atomic mass is 35.5. The smallest absolute Gasteiger partial charge is 0.0621 e. The van der Waals surface area contributed by atoms with Crippen molar-refractivity contribution in [2.75, 3.05) is 0 Å². The maximum Gasteiger partial charge on any atom is 0.0621 e. The number of halogens is 1. The first-order valence-corrected chi connectivity index (χ1v) is 6.92. The molecule has 0 unspecified atom stereocenters. The third-order valence-corrected chi connectivity index (χ3v) is 3.71. The summed E-state index contributed by atoms with van der Waals surface area (Å²) in [6.45, 7) is 2.46. The first-order valence-electron chi connectivity index (χ1n) is 6.55. The molecule has 0 saturated carbocycles. The molecule has 0 atom stereocenters. The number of nitrogens with two attached hydrogens (primary N) is 1. The molecule has 0 aliphatic carbocycles. The van der Waals surface area contributed by atoms with E-state index in [0.717, 1.165) is 32.9 Å². The molecule has 2 nitrogen and oxygen atoms in total. The number of rotatable bonds is 2. The Morgan fingerprint density at radius 2 is 1.80 bits per heavy atom. The minimum atomic E-state index is 0.442. The van der Waals surface area contributed by atoms with Gasteiger partial charge in [-0.05, 0) is 30.0 Å². The van der Waals surface area contributed by atoms with Gasteiger partial charge in [0.25, 0.3) is 0 Å². The topological polar surface area (TPSA) is 38.9 Å². The summed E-state index contributed by atoms with van der Waals surface area (Å²) in [5, 5.41) is 3.01. The molecule has 0 radical (unpaired) electrons. The van der Waals surface area contributed by atoms with Crippen molar-refractivity contribution in [1.29, 1.82) is 0 Å². The van der Waals surface area contributed by atoms with Crippen LogP contribution in [0.1, 0.15) is 11.4 Å². The second-order valence-electron chi connectivity index (χ2n) is 4.78. The number of nitrogens with zero attached hydrogens (tertiary/aromatic N) is 1. The Balaban J connectivity index is 2.39. The second-order valence-corrected chi connectivity index (χ2v) is 5.22. The summed E-state index contributed by atoms with van der Waals surface area (Å²) in [5.74, 6) is 0. The van der Waals surface area contributed by atoms with Crippen molar-refractivity contribution in [3.63, 3.8) is 0 Å². The van der Waals surface area contributed by atoms with Crippen LogP contribution in [0.4, 0.5) is 0 Å². The summed E-state index contributed by atoms with van der Waals surface area (Å²) < 4.78 is 0. The van der Waals surface area contributed by atoms with Crippen LogP contribution in [0.25, 0.3) is 21.9 Å². The first kappa shape index (κ1) is 13.1. The number of benzene rings is 2. The van der Waals surface area contributed by atoms with Gasteiger partial charge in [0.05, 0.1) is 5.69 Å². The van der Waals surface area contributed by atoms with Crippen molar-refractivity contribution < 1.29 is 0 Å². The van der Waals surface area contributed by atoms with Crippen LogP contribution >= 0.6 is 11.6 Å². The molecule has 0 fully saturated rings. The van der Waals surface area contributed by atoms with E-state index in [1.165, 1.54) is 5.39 Å². The predicted octanol–water partition coefficient (Wildman–Crippen LogP) is 4.32. The van der Waals surface area contributed by atoms with Crippen LogP contribution in [-0.2, 0) is 6.54 Å². The number of aromatic nitrogens is 1. The van der Waals surface area contributed by atoms with E-state index in [9.17, 15) is 0 Å². The van der Waals surface area contributed by atoms with Gasteiger partial charge in [0.2, 0.25) is 0 Å². The second kappa shape index (κ2) is 5.23. The SMILES string of the molecule is Cc1nc(CN)c2ccccc2c1-c1cccc(Cl)c1. The van der Waals surface area contributed by atoms with Crippen molar-refractivity contribution in [2.45, 2.75) is 13.5 Å². The van der Waals surface area contributed by atoms with Gasteiger partial charge in [-0.2, -0.15) is 0 Å². The molecule has 1 heterocycles. The Labute approximate surface area is 123 Å². The van der Waals surface area contributed by atoms with E-state index < -0.39 is 0 Å². The number of aryl methyl sites for hydroxylation is 1. The van der Waals surface area contributed by atoms with Crippen LogP contribution < -0.4 is 5.73 Å². The van der Waals surface area contributed by atoms with Gasteiger partial charge in [-0.3, -0.25) is 4.98 Å². The predicted molar refractivity (Wildman–Crippen MR) is 84.8 cm³/mol. The molecule has 2 aromatic carbocycles. The van der Waals surface area contributed by atoms with Crippen LogP contribution in [-0.4, -0.2) is 4.98 Å². The molecular formula is C17H15ClN2. The number of hydrogen-bond donors (Lipinski definition) is 1. The first-order chi connectivity index (χ1) is 9.70. The van der Waals surface area contributed by atoms with E-state index in [-0.39, 0.29) is 0 Å². The molecule has 20 heavy (non-hydrogen) atoms. The van der Waals surface area contributed by atoms with Crippen molar-refractivity contribution in [3.8, 4) is 11.1 Å². The summed E-state index contributed by atoms with van der Waals surface area (Å²) in [5.41, 5.74) is 9.94. The van der Waals surface area contributed by atoms with Crippen LogP contribution in [0.3, 0.4) is 0 Å². The quantitative estimate of drug-likeness (QED) is 0.760. The monoisotopic (exact) mass is 282 g/mol. The van der Waals surface area contributed by atoms with Crippen molar-refractivity contribution in [3.05, 3.63) is 64.9 Å². The molecule has 0 aliphatic rings. The molecular weight excluding hydrogens is 268 g/mol. The van der Waals surface area contributed by atoms with E-state index in [2.05, 4.69) is 23.2 Å². The fraction of sp³-hybridized carbons (Fsp3) is 0.118. The number of pyridine rings is 1. The zero-order valence-electron chi connectivity index (χ0n) is 11.2. The van der Waals surface area contributed by atoms with Gasteiger partial charge in [0.1, 0.15) is 0 Å². The molecule has 0 amide bonds. The van der Waals surface area contributed by atoms with Crippen molar-refractivity contribution in [1.82, 2.24) is 4.98 Å². The number of fused-ring (bicyclic) bond motifs is 1. The fourth-order valence-electron chi connectivity index (χ4n) is 2.63. The van der Waals surface area contributed by atoms with Gasteiger partial charge < -0.3 is 5.73 Å². The molecule has 3 heteroatoms. The molecule has 3 rings (SSSR count). The van der Waals surface area contributed by atoms with Crippen LogP contribution in [0.2, 0.25) is 5.02 Å². The lowest BCUT2D eigenvalue weighted by Gasteiger charge is -2.13. The molecule has 3 aromatic rings. The molecule has 0 saturated heterocycles. The van der Waals surface area contributed by atoms with E-state index >= 15 is 0 Å². The Morgan fingerprint density at radius 1 is 1.05 bits per heavy atom. The maximum absolute atomic E-state index is 6.12. The fourth-order valence-corrected chi connectivity index (χ4v) is 2.82. The molecule has 0 spiro atoms. The average Bonchev–Trinajstić information content (AvgIpc) is 2.46. The summed E-state index contributed by atoms with van der Waals surface area (Å²) in [7, 11) is 0. The summed E-state index contributed by atoms with van der Waals surface area (Å²) in [6.07, 6.45) is 0. The lowest BCUT2D eigenvalue weighted by atomic mass is 9.96. The highest BCUT2D eigenvalue weighted by Crippen LogP contribution is 2.33. The van der Waals surface area contributed by atoms with Gasteiger partial charge >= 0.3 is 0 Å².